The van der Waals surface area contributed by atoms with Gasteiger partial charge in [0.25, 0.3) is 0 Å². The molecule has 0 saturated heterocycles. The third-order valence-corrected chi connectivity index (χ3v) is 3.25. The fraction of sp³-hybridized carbons (Fsp3) is 0.667. The van der Waals surface area contributed by atoms with E-state index < -0.39 is 12.0 Å². The number of alkyl halides is 2. The number of rotatable bonds is 2. The quantitative estimate of drug-likeness (QED) is 0.829. The van der Waals surface area contributed by atoms with Crippen molar-refractivity contribution in [2.45, 2.75) is 31.3 Å². The second-order valence-corrected chi connectivity index (χ2v) is 4.44. The number of aliphatic hydroxyl groups excluding tert-OH is 1. The van der Waals surface area contributed by atoms with E-state index in [1.54, 1.807) is 10.9 Å². The fourth-order valence-electron chi connectivity index (χ4n) is 1.86. The van der Waals surface area contributed by atoms with Crippen LogP contribution in [-0.2, 0) is 0 Å². The first kappa shape index (κ1) is 9.98. The van der Waals surface area contributed by atoms with Crippen LogP contribution in [0.2, 0.25) is 0 Å². The summed E-state index contributed by atoms with van der Waals surface area (Å²) in [7, 11) is 0. The second kappa shape index (κ2) is 3.55. The van der Waals surface area contributed by atoms with Crippen LogP contribution < -0.4 is 0 Å². The van der Waals surface area contributed by atoms with Gasteiger partial charge in [-0.25, -0.2) is 13.8 Å². The molecule has 1 N–H and O–H groups in total. The second-order valence-electron chi connectivity index (χ2n) is 3.72. The highest BCUT2D eigenvalue weighted by molar-refractivity contribution is 7.07. The molecular weight excluding hydrogens is 208 g/mol. The Hall–Kier alpha value is -0.550. The minimum atomic E-state index is -2.60. The maximum atomic E-state index is 12.9. The summed E-state index contributed by atoms with van der Waals surface area (Å²) >= 11 is 1.37. The van der Waals surface area contributed by atoms with E-state index in [4.69, 9.17) is 0 Å². The predicted molar refractivity (Wildman–Crippen MR) is 49.4 cm³/mol. The number of nitrogens with zero attached hydrogens (tertiary/aromatic N) is 1. The van der Waals surface area contributed by atoms with Gasteiger partial charge in [0.1, 0.15) is 0 Å². The molecule has 5 heteroatoms. The van der Waals surface area contributed by atoms with Gasteiger partial charge in [0, 0.05) is 18.2 Å². The van der Waals surface area contributed by atoms with Crippen molar-refractivity contribution in [1.82, 2.24) is 4.98 Å². The van der Waals surface area contributed by atoms with Gasteiger partial charge in [-0.05, 0) is 12.3 Å². The van der Waals surface area contributed by atoms with E-state index in [9.17, 15) is 13.9 Å². The fourth-order valence-corrected chi connectivity index (χ4v) is 2.45. The molecule has 2 atom stereocenters. The monoisotopic (exact) mass is 219 g/mol. The zero-order valence-corrected chi connectivity index (χ0v) is 8.31. The summed E-state index contributed by atoms with van der Waals surface area (Å²) in [6.45, 7) is 0. The molecular formula is C9H11F2NOS. The van der Waals surface area contributed by atoms with Gasteiger partial charge >= 0.3 is 0 Å². The lowest BCUT2D eigenvalue weighted by Gasteiger charge is -2.15. The van der Waals surface area contributed by atoms with E-state index in [1.807, 2.05) is 0 Å². The van der Waals surface area contributed by atoms with E-state index in [-0.39, 0.29) is 18.8 Å². The maximum Gasteiger partial charge on any atom is 0.248 e. The van der Waals surface area contributed by atoms with E-state index in [0.717, 1.165) is 0 Å². The summed E-state index contributed by atoms with van der Waals surface area (Å²) in [5, 5.41) is 11.5. The first-order valence-electron chi connectivity index (χ1n) is 4.52. The summed E-state index contributed by atoms with van der Waals surface area (Å²) in [6.07, 6.45) is -0.773. The smallest absolute Gasteiger partial charge is 0.248 e. The lowest BCUT2D eigenvalue weighted by molar-refractivity contribution is -0.00544. The normalized spacial score (nSPS) is 27.8. The molecule has 1 heterocycles. The molecule has 2 rings (SSSR count). The first-order chi connectivity index (χ1) is 6.58. The van der Waals surface area contributed by atoms with Gasteiger partial charge in [0.05, 0.1) is 17.3 Å². The summed E-state index contributed by atoms with van der Waals surface area (Å²) in [5.41, 5.74) is 2.13. The average molecular weight is 219 g/mol. The minimum absolute atomic E-state index is 0.112. The van der Waals surface area contributed by atoms with Gasteiger partial charge in [-0.3, -0.25) is 0 Å². The van der Waals surface area contributed by atoms with Gasteiger partial charge in [0.2, 0.25) is 5.92 Å². The van der Waals surface area contributed by atoms with E-state index in [2.05, 4.69) is 4.98 Å². The third kappa shape index (κ3) is 1.93. The van der Waals surface area contributed by atoms with Crippen LogP contribution in [0.15, 0.2) is 10.9 Å². The Labute approximate surface area is 84.6 Å². The Bertz CT molecular complexity index is 302. The number of thiazole rings is 1. The highest BCUT2D eigenvalue weighted by atomic mass is 32.1. The molecule has 0 aromatic carbocycles. The van der Waals surface area contributed by atoms with Crippen LogP contribution in [-0.4, -0.2) is 16.0 Å². The Morgan fingerprint density at radius 1 is 1.64 bits per heavy atom. The Kier molecular flexibility index (Phi) is 2.53. The highest BCUT2D eigenvalue weighted by Crippen LogP contribution is 2.44. The largest absolute Gasteiger partial charge is 0.386 e. The molecule has 0 bridgehead atoms. The number of hydrogen-bond acceptors (Lipinski definition) is 3. The molecule has 1 saturated carbocycles. The lowest BCUT2D eigenvalue weighted by Crippen LogP contribution is -2.14. The number of halogens is 2. The SMILES string of the molecule is OC(c1cscn1)C1CCC(F)(F)C1. The summed E-state index contributed by atoms with van der Waals surface area (Å²) < 4.78 is 25.7. The minimum Gasteiger partial charge on any atom is -0.386 e. The predicted octanol–water partition coefficient (Wildman–Crippen LogP) is 2.61. The van der Waals surface area contributed by atoms with Crippen LogP contribution in [0.4, 0.5) is 8.78 Å². The molecule has 0 aliphatic heterocycles. The molecule has 2 unspecified atom stereocenters. The summed E-state index contributed by atoms with van der Waals surface area (Å²) in [6, 6.07) is 0. The highest BCUT2D eigenvalue weighted by Gasteiger charge is 2.42. The number of hydrogen-bond donors (Lipinski definition) is 1. The molecule has 0 spiro atoms. The molecule has 0 amide bonds. The van der Waals surface area contributed by atoms with Crippen molar-refractivity contribution >= 4 is 11.3 Å². The summed E-state index contributed by atoms with van der Waals surface area (Å²) in [5.74, 6) is -2.94. The standard InChI is InChI=1S/C9H11F2NOS/c10-9(11)2-1-6(3-9)8(13)7-4-14-5-12-7/h4-6,8,13H,1-3H2. The molecule has 1 aromatic heterocycles. The third-order valence-electron chi connectivity index (χ3n) is 2.64. The van der Waals surface area contributed by atoms with Crippen LogP contribution in [0.5, 0.6) is 0 Å². The van der Waals surface area contributed by atoms with Crippen LogP contribution >= 0.6 is 11.3 Å². The Balaban J connectivity index is 2.04. The topological polar surface area (TPSA) is 33.1 Å². The molecule has 1 aliphatic rings. The molecule has 78 valence electrons. The maximum absolute atomic E-state index is 12.9. The molecule has 1 aromatic rings. The molecule has 14 heavy (non-hydrogen) atoms. The van der Waals surface area contributed by atoms with Gasteiger partial charge in [-0.15, -0.1) is 11.3 Å². The average Bonchev–Trinajstić information content (AvgIpc) is 2.72. The molecule has 0 radical (unpaired) electrons. The van der Waals surface area contributed by atoms with Gasteiger partial charge < -0.3 is 5.11 Å². The van der Waals surface area contributed by atoms with Crippen molar-refractivity contribution in [3.8, 4) is 0 Å². The lowest BCUT2D eigenvalue weighted by atomic mass is 9.99. The van der Waals surface area contributed by atoms with Crippen molar-refractivity contribution in [3.05, 3.63) is 16.6 Å². The van der Waals surface area contributed by atoms with E-state index >= 15 is 0 Å². The number of aromatic nitrogens is 1. The molecule has 2 nitrogen and oxygen atoms in total. The Morgan fingerprint density at radius 3 is 2.93 bits per heavy atom. The Morgan fingerprint density at radius 2 is 2.43 bits per heavy atom. The van der Waals surface area contributed by atoms with Crippen molar-refractivity contribution in [1.29, 1.82) is 0 Å². The van der Waals surface area contributed by atoms with Crippen molar-refractivity contribution < 1.29 is 13.9 Å². The van der Waals surface area contributed by atoms with Gasteiger partial charge in [-0.2, -0.15) is 0 Å². The van der Waals surface area contributed by atoms with Gasteiger partial charge in [-0.1, -0.05) is 0 Å². The van der Waals surface area contributed by atoms with Crippen LogP contribution in [0, 0.1) is 5.92 Å². The summed E-state index contributed by atoms with van der Waals surface area (Å²) in [4.78, 5) is 3.93. The van der Waals surface area contributed by atoms with Crippen molar-refractivity contribution in [2.75, 3.05) is 0 Å². The van der Waals surface area contributed by atoms with Gasteiger partial charge in [0.15, 0.2) is 0 Å². The van der Waals surface area contributed by atoms with Crippen LogP contribution in [0.1, 0.15) is 31.1 Å². The van der Waals surface area contributed by atoms with E-state index in [0.29, 0.717) is 12.1 Å². The molecule has 1 aliphatic carbocycles. The van der Waals surface area contributed by atoms with Crippen LogP contribution in [0.3, 0.4) is 0 Å². The van der Waals surface area contributed by atoms with E-state index in [1.165, 1.54) is 11.3 Å². The van der Waals surface area contributed by atoms with Crippen molar-refractivity contribution in [2.24, 2.45) is 5.92 Å². The van der Waals surface area contributed by atoms with Crippen molar-refractivity contribution in [3.63, 3.8) is 0 Å². The zero-order chi connectivity index (χ0) is 10.2. The zero-order valence-electron chi connectivity index (χ0n) is 7.49. The first-order valence-corrected chi connectivity index (χ1v) is 5.47. The molecule has 1 fully saturated rings. The number of aliphatic hydroxyl groups is 1. The van der Waals surface area contributed by atoms with Crippen LogP contribution in [0.25, 0.3) is 0 Å².